The second kappa shape index (κ2) is 15.9. The van der Waals surface area contributed by atoms with E-state index in [4.69, 9.17) is 14.6 Å². The van der Waals surface area contributed by atoms with Gasteiger partial charge >= 0.3 is 0 Å². The van der Waals surface area contributed by atoms with Crippen molar-refractivity contribution in [1.29, 1.82) is 0 Å². The van der Waals surface area contributed by atoms with Crippen molar-refractivity contribution in [3.8, 4) is 11.5 Å². The van der Waals surface area contributed by atoms with Crippen LogP contribution in [0.4, 0.5) is 0 Å². The topological polar surface area (TPSA) is 104 Å². The van der Waals surface area contributed by atoms with Crippen molar-refractivity contribution in [2.45, 2.75) is 54.9 Å². The quantitative estimate of drug-likeness (QED) is 0.239. The fourth-order valence-electron chi connectivity index (χ4n) is 3.75. The van der Waals surface area contributed by atoms with E-state index < -0.39 is 10.0 Å². The Balaban J connectivity index is 0.00000127. The predicted molar refractivity (Wildman–Crippen MR) is 158 cm³/mol. The van der Waals surface area contributed by atoms with Crippen molar-refractivity contribution < 1.29 is 17.9 Å². The van der Waals surface area contributed by atoms with Crippen LogP contribution in [0.5, 0.6) is 11.5 Å². The van der Waals surface area contributed by atoms with Gasteiger partial charge in [0, 0.05) is 29.4 Å². The molecular formula is C30H37N3O4S2. The van der Waals surface area contributed by atoms with Gasteiger partial charge in [0.15, 0.2) is 11.5 Å². The lowest BCUT2D eigenvalue weighted by Gasteiger charge is -2.20. The van der Waals surface area contributed by atoms with Crippen LogP contribution in [0.3, 0.4) is 0 Å². The predicted octanol–water partition coefficient (Wildman–Crippen LogP) is 6.72. The molecule has 208 valence electrons. The molecule has 0 aliphatic carbocycles. The number of rotatable bonds is 9. The maximum absolute atomic E-state index is 11.7. The molecule has 39 heavy (non-hydrogen) atoms. The van der Waals surface area contributed by atoms with E-state index >= 15 is 0 Å². The molecule has 0 aliphatic rings. The van der Waals surface area contributed by atoms with E-state index in [2.05, 4.69) is 9.97 Å². The van der Waals surface area contributed by atoms with Gasteiger partial charge in [-0.3, -0.25) is 4.98 Å². The third kappa shape index (κ3) is 9.09. The van der Waals surface area contributed by atoms with Crippen molar-refractivity contribution in [2.24, 2.45) is 5.14 Å². The number of hydrogen-bond acceptors (Lipinski definition) is 7. The molecule has 0 amide bonds. The average Bonchev–Trinajstić information content (AvgIpc) is 2.98. The number of ether oxygens (including phenoxy) is 2. The van der Waals surface area contributed by atoms with Crippen molar-refractivity contribution in [3.63, 3.8) is 0 Å². The summed E-state index contributed by atoms with van der Waals surface area (Å²) in [5, 5.41) is 6.00. The van der Waals surface area contributed by atoms with E-state index in [1.807, 2.05) is 82.4 Å². The number of pyridine rings is 2. The van der Waals surface area contributed by atoms with E-state index in [9.17, 15) is 8.42 Å². The molecule has 2 aromatic heterocycles. The second-order valence-electron chi connectivity index (χ2n) is 7.78. The minimum atomic E-state index is -3.76. The minimum Gasteiger partial charge on any atom is -0.493 e. The molecule has 0 saturated carbocycles. The number of sulfonamides is 1. The molecule has 4 aromatic rings. The first-order valence-corrected chi connectivity index (χ1v) is 15.1. The van der Waals surface area contributed by atoms with Crippen LogP contribution >= 0.6 is 11.8 Å². The SMILES string of the molecule is CC.CC.COc1ccc(C(Cc2ccncc2)c2ccc(Sc3cccc(S(N)(=O)=O)c3)nc2)cc1OC. The summed E-state index contributed by atoms with van der Waals surface area (Å²) in [4.78, 5) is 9.58. The van der Waals surface area contributed by atoms with Gasteiger partial charge < -0.3 is 9.47 Å². The van der Waals surface area contributed by atoms with Gasteiger partial charge in [0.2, 0.25) is 10.0 Å². The largest absolute Gasteiger partial charge is 0.493 e. The summed E-state index contributed by atoms with van der Waals surface area (Å²) in [7, 11) is -0.525. The Kier molecular flexibility index (Phi) is 13.0. The van der Waals surface area contributed by atoms with Gasteiger partial charge in [-0.2, -0.15) is 0 Å². The Hall–Kier alpha value is -3.40. The fourth-order valence-corrected chi connectivity index (χ4v) is 5.20. The van der Waals surface area contributed by atoms with Gasteiger partial charge in [-0.15, -0.1) is 0 Å². The Morgan fingerprint density at radius 3 is 2.10 bits per heavy atom. The summed E-state index contributed by atoms with van der Waals surface area (Å²) in [5.41, 5.74) is 3.26. The van der Waals surface area contributed by atoms with Gasteiger partial charge in [-0.05, 0) is 71.6 Å². The van der Waals surface area contributed by atoms with Crippen LogP contribution < -0.4 is 14.6 Å². The molecule has 1 unspecified atom stereocenters. The van der Waals surface area contributed by atoms with Gasteiger partial charge in [-0.1, -0.05) is 57.7 Å². The van der Waals surface area contributed by atoms with E-state index in [0.717, 1.165) is 33.0 Å². The highest BCUT2D eigenvalue weighted by Gasteiger charge is 2.18. The summed E-state index contributed by atoms with van der Waals surface area (Å²) in [6.45, 7) is 8.00. The minimum absolute atomic E-state index is 0.0227. The third-order valence-electron chi connectivity index (χ3n) is 5.52. The van der Waals surface area contributed by atoms with Crippen LogP contribution in [0.2, 0.25) is 0 Å². The number of nitrogens with zero attached hydrogens (tertiary/aromatic N) is 2. The average molecular weight is 568 g/mol. The van der Waals surface area contributed by atoms with Crippen molar-refractivity contribution >= 4 is 21.8 Å². The molecule has 2 heterocycles. The van der Waals surface area contributed by atoms with Crippen molar-refractivity contribution in [1.82, 2.24) is 9.97 Å². The maximum atomic E-state index is 11.7. The highest BCUT2D eigenvalue weighted by atomic mass is 32.2. The van der Waals surface area contributed by atoms with E-state index in [0.29, 0.717) is 11.5 Å². The number of methoxy groups -OCH3 is 2. The Morgan fingerprint density at radius 2 is 1.51 bits per heavy atom. The van der Waals surface area contributed by atoms with E-state index in [1.165, 1.54) is 17.8 Å². The van der Waals surface area contributed by atoms with Crippen LogP contribution in [0.25, 0.3) is 0 Å². The van der Waals surface area contributed by atoms with Crippen molar-refractivity contribution in [2.75, 3.05) is 14.2 Å². The molecule has 0 radical (unpaired) electrons. The van der Waals surface area contributed by atoms with Gasteiger partial charge in [0.05, 0.1) is 19.1 Å². The molecule has 9 heteroatoms. The molecule has 2 aromatic carbocycles. The summed E-state index contributed by atoms with van der Waals surface area (Å²) >= 11 is 1.37. The molecule has 2 N–H and O–H groups in total. The molecule has 0 spiro atoms. The lowest BCUT2D eigenvalue weighted by Crippen LogP contribution is -2.11. The highest BCUT2D eigenvalue weighted by Crippen LogP contribution is 2.36. The number of benzene rings is 2. The van der Waals surface area contributed by atoms with Crippen LogP contribution in [-0.4, -0.2) is 32.6 Å². The number of nitrogens with two attached hydrogens (primary N) is 1. The third-order valence-corrected chi connectivity index (χ3v) is 7.37. The first-order valence-electron chi connectivity index (χ1n) is 12.7. The number of aromatic nitrogens is 2. The zero-order valence-corrected chi connectivity index (χ0v) is 24.9. The second-order valence-corrected chi connectivity index (χ2v) is 10.4. The van der Waals surface area contributed by atoms with Gasteiger partial charge in [0.1, 0.15) is 5.03 Å². The molecule has 0 bridgehead atoms. The van der Waals surface area contributed by atoms with Crippen LogP contribution in [0.1, 0.15) is 50.3 Å². The molecular weight excluding hydrogens is 530 g/mol. The van der Waals surface area contributed by atoms with Crippen LogP contribution in [-0.2, 0) is 16.4 Å². The number of hydrogen-bond donors (Lipinski definition) is 1. The lowest BCUT2D eigenvalue weighted by molar-refractivity contribution is 0.354. The van der Waals surface area contributed by atoms with Gasteiger partial charge in [-0.25, -0.2) is 18.5 Å². The van der Waals surface area contributed by atoms with Crippen LogP contribution in [0, 0.1) is 0 Å². The zero-order valence-electron chi connectivity index (χ0n) is 23.3. The van der Waals surface area contributed by atoms with Crippen molar-refractivity contribution in [3.05, 3.63) is 102 Å². The summed E-state index contributed by atoms with van der Waals surface area (Å²) in [6, 6.07) is 20.4. The standard InChI is InChI=1S/C26H25N3O4S2.2C2H6/c1-32-24-8-6-19(15-25(24)33-2)23(14-18-10-12-28-13-11-18)20-7-9-26(29-17-20)34-21-4-3-5-22(16-21)35(27,30)31;2*1-2/h3-13,15-17,23H,14H2,1-2H3,(H2,27,30,31);2*1-2H3. The Bertz CT molecular complexity index is 1400. The van der Waals surface area contributed by atoms with Crippen LogP contribution in [0.15, 0.2) is 100 Å². The molecule has 0 saturated heterocycles. The molecule has 0 fully saturated rings. The maximum Gasteiger partial charge on any atom is 0.238 e. The monoisotopic (exact) mass is 567 g/mol. The normalized spacial score (nSPS) is 11.3. The lowest BCUT2D eigenvalue weighted by atomic mass is 9.87. The summed E-state index contributed by atoms with van der Waals surface area (Å²) in [5.74, 6) is 1.36. The molecule has 1 atom stereocenters. The Labute approximate surface area is 236 Å². The first kappa shape index (κ1) is 31.8. The Morgan fingerprint density at radius 1 is 0.846 bits per heavy atom. The smallest absolute Gasteiger partial charge is 0.238 e. The highest BCUT2D eigenvalue weighted by molar-refractivity contribution is 7.99. The summed E-state index contributed by atoms with van der Waals surface area (Å²) in [6.07, 6.45) is 6.18. The van der Waals surface area contributed by atoms with E-state index in [-0.39, 0.29) is 10.8 Å². The fraction of sp³-hybridized carbons (Fsp3) is 0.267. The molecule has 0 aliphatic heterocycles. The molecule has 7 nitrogen and oxygen atoms in total. The number of primary sulfonamides is 1. The van der Waals surface area contributed by atoms with Gasteiger partial charge in [0.25, 0.3) is 0 Å². The summed E-state index contributed by atoms with van der Waals surface area (Å²) < 4.78 is 34.2. The van der Waals surface area contributed by atoms with E-state index in [1.54, 1.807) is 38.7 Å². The zero-order chi connectivity index (χ0) is 28.8. The molecule has 4 rings (SSSR count). The first-order chi connectivity index (χ1) is 18.9.